The molecule has 0 saturated carbocycles. The fraction of sp³-hybridized carbons (Fsp3) is 0.941. The second-order valence-electron chi connectivity index (χ2n) is 6.44. The fourth-order valence-corrected chi connectivity index (χ4v) is 2.48. The van der Waals surface area contributed by atoms with Gasteiger partial charge in [-0.15, -0.1) is 0 Å². The Kier molecular flexibility index (Phi) is 13.1. The van der Waals surface area contributed by atoms with Gasteiger partial charge in [-0.2, -0.15) is 0 Å². The molecule has 5 N–H and O–H groups in total. The van der Waals surface area contributed by atoms with Gasteiger partial charge in [0.2, 0.25) is 5.91 Å². The summed E-state index contributed by atoms with van der Waals surface area (Å²) in [5.74, 6) is -0.132. The average molecular weight is 349 g/mol. The molecule has 0 saturated heterocycles. The molecule has 0 rings (SSSR count). The van der Waals surface area contributed by atoms with E-state index in [1.165, 1.54) is 37.6 Å². The maximum atomic E-state index is 12.0. The standard InChI is InChI=1S/C17H35NO6/c1-3-4-5-6-7-8-9-10-15(22)18(2)11-13(20)16(23)17(24)14(21)12-19/h13-14,16-17,19-21,23-24H,3-12H2,1-2H3/t13-,14-,16+,17-/m0/s1. The van der Waals surface area contributed by atoms with Gasteiger partial charge >= 0.3 is 0 Å². The molecule has 24 heavy (non-hydrogen) atoms. The zero-order valence-electron chi connectivity index (χ0n) is 15.0. The molecule has 0 unspecified atom stereocenters. The van der Waals surface area contributed by atoms with Crippen molar-refractivity contribution in [1.82, 2.24) is 4.90 Å². The normalized spacial score (nSPS) is 16.5. The summed E-state index contributed by atoms with van der Waals surface area (Å²) in [6.45, 7) is 1.30. The number of carbonyl (C=O) groups excluding carboxylic acids is 1. The van der Waals surface area contributed by atoms with Crippen LogP contribution in [-0.4, -0.2) is 81.0 Å². The van der Waals surface area contributed by atoms with Gasteiger partial charge in [0.05, 0.1) is 6.61 Å². The lowest BCUT2D eigenvalue weighted by Crippen LogP contribution is -2.49. The van der Waals surface area contributed by atoms with Crippen molar-refractivity contribution in [3.63, 3.8) is 0 Å². The first-order chi connectivity index (χ1) is 11.3. The number of nitrogens with zero attached hydrogens (tertiary/aromatic N) is 1. The lowest BCUT2D eigenvalue weighted by molar-refractivity contribution is -0.138. The Bertz CT molecular complexity index is 328. The van der Waals surface area contributed by atoms with E-state index in [1.807, 2.05) is 0 Å². The highest BCUT2D eigenvalue weighted by molar-refractivity contribution is 5.75. The third-order valence-corrected chi connectivity index (χ3v) is 4.21. The quantitative estimate of drug-likeness (QED) is 0.282. The minimum atomic E-state index is -1.67. The highest BCUT2D eigenvalue weighted by Crippen LogP contribution is 2.10. The number of aliphatic hydroxyl groups is 5. The molecular weight excluding hydrogens is 314 g/mol. The number of carbonyl (C=O) groups is 1. The van der Waals surface area contributed by atoms with E-state index in [4.69, 9.17) is 5.11 Å². The van der Waals surface area contributed by atoms with Gasteiger partial charge in [0.15, 0.2) is 0 Å². The highest BCUT2D eigenvalue weighted by atomic mass is 16.4. The van der Waals surface area contributed by atoms with Gasteiger partial charge in [0.1, 0.15) is 24.4 Å². The topological polar surface area (TPSA) is 121 Å². The summed E-state index contributed by atoms with van der Waals surface area (Å²) < 4.78 is 0. The molecule has 0 aliphatic rings. The molecule has 1 amide bonds. The Balaban J connectivity index is 3.99. The van der Waals surface area contributed by atoms with E-state index in [-0.39, 0.29) is 12.5 Å². The minimum Gasteiger partial charge on any atom is -0.394 e. The van der Waals surface area contributed by atoms with Crippen molar-refractivity contribution < 1.29 is 30.3 Å². The molecule has 0 heterocycles. The molecule has 144 valence electrons. The first-order valence-corrected chi connectivity index (χ1v) is 8.92. The van der Waals surface area contributed by atoms with Gasteiger partial charge in [-0.05, 0) is 6.42 Å². The third-order valence-electron chi connectivity index (χ3n) is 4.21. The fourth-order valence-electron chi connectivity index (χ4n) is 2.48. The number of hydrogen-bond donors (Lipinski definition) is 5. The summed E-state index contributed by atoms with van der Waals surface area (Å²) >= 11 is 0. The lowest BCUT2D eigenvalue weighted by Gasteiger charge is -2.28. The lowest BCUT2D eigenvalue weighted by atomic mass is 10.0. The maximum absolute atomic E-state index is 12.0. The molecule has 0 aromatic rings. The number of unbranched alkanes of at least 4 members (excludes halogenated alkanes) is 6. The van der Waals surface area contributed by atoms with Gasteiger partial charge in [-0.25, -0.2) is 0 Å². The number of likely N-dealkylation sites (N-methyl/N-ethyl adjacent to an activating group) is 1. The summed E-state index contributed by atoms with van der Waals surface area (Å²) in [5, 5.41) is 47.1. The van der Waals surface area contributed by atoms with E-state index >= 15 is 0 Å². The number of aliphatic hydroxyl groups excluding tert-OH is 5. The van der Waals surface area contributed by atoms with Crippen LogP contribution >= 0.6 is 0 Å². The van der Waals surface area contributed by atoms with E-state index in [2.05, 4.69) is 6.92 Å². The summed E-state index contributed by atoms with van der Waals surface area (Å²) in [4.78, 5) is 13.3. The van der Waals surface area contributed by atoms with Crippen LogP contribution in [0.15, 0.2) is 0 Å². The van der Waals surface area contributed by atoms with Crippen molar-refractivity contribution in [3.05, 3.63) is 0 Å². The average Bonchev–Trinajstić information content (AvgIpc) is 2.58. The molecule has 0 aliphatic heterocycles. The van der Waals surface area contributed by atoms with Gasteiger partial charge in [0.25, 0.3) is 0 Å². The smallest absolute Gasteiger partial charge is 0.222 e. The number of rotatable bonds is 14. The largest absolute Gasteiger partial charge is 0.394 e. The predicted molar refractivity (Wildman–Crippen MR) is 91.4 cm³/mol. The summed E-state index contributed by atoms with van der Waals surface area (Å²) in [6.07, 6.45) is 1.92. The van der Waals surface area contributed by atoms with Crippen molar-refractivity contribution in [1.29, 1.82) is 0 Å². The zero-order chi connectivity index (χ0) is 18.5. The zero-order valence-corrected chi connectivity index (χ0v) is 15.0. The van der Waals surface area contributed by atoms with Crippen molar-refractivity contribution in [2.75, 3.05) is 20.2 Å². The van der Waals surface area contributed by atoms with E-state index in [9.17, 15) is 25.2 Å². The third kappa shape index (κ3) is 9.54. The van der Waals surface area contributed by atoms with Crippen LogP contribution in [0.5, 0.6) is 0 Å². The monoisotopic (exact) mass is 349 g/mol. The molecule has 0 radical (unpaired) electrons. The molecule has 0 fully saturated rings. The second kappa shape index (κ2) is 13.5. The van der Waals surface area contributed by atoms with Gasteiger partial charge in [0, 0.05) is 20.0 Å². The Morgan fingerprint density at radius 2 is 1.38 bits per heavy atom. The second-order valence-corrected chi connectivity index (χ2v) is 6.44. The van der Waals surface area contributed by atoms with Crippen LogP contribution < -0.4 is 0 Å². The highest BCUT2D eigenvalue weighted by Gasteiger charge is 2.31. The summed E-state index contributed by atoms with van der Waals surface area (Å²) in [6, 6.07) is 0. The van der Waals surface area contributed by atoms with Crippen molar-refractivity contribution in [2.24, 2.45) is 0 Å². The Morgan fingerprint density at radius 1 is 0.875 bits per heavy atom. The molecule has 0 aromatic carbocycles. The van der Waals surface area contributed by atoms with E-state index in [0.29, 0.717) is 6.42 Å². The van der Waals surface area contributed by atoms with Crippen LogP contribution in [0.1, 0.15) is 58.3 Å². The molecule has 4 atom stereocenters. The molecule has 0 aliphatic carbocycles. The van der Waals surface area contributed by atoms with Crippen LogP contribution in [0.25, 0.3) is 0 Å². The first kappa shape index (κ1) is 23.3. The van der Waals surface area contributed by atoms with Crippen molar-refractivity contribution in [2.45, 2.75) is 82.7 Å². The Hall–Kier alpha value is -0.730. The van der Waals surface area contributed by atoms with Gasteiger partial charge in [-0.3, -0.25) is 4.79 Å². The molecule has 0 bridgehead atoms. The van der Waals surface area contributed by atoms with Crippen LogP contribution in [-0.2, 0) is 4.79 Å². The Morgan fingerprint density at radius 3 is 1.92 bits per heavy atom. The maximum Gasteiger partial charge on any atom is 0.222 e. The summed E-state index contributed by atoms with van der Waals surface area (Å²) in [5.41, 5.74) is 0. The number of hydrogen-bond acceptors (Lipinski definition) is 6. The van der Waals surface area contributed by atoms with E-state index in [1.54, 1.807) is 0 Å². The van der Waals surface area contributed by atoms with Crippen molar-refractivity contribution in [3.8, 4) is 0 Å². The Labute approximate surface area is 144 Å². The van der Waals surface area contributed by atoms with Gasteiger partial charge in [-0.1, -0.05) is 45.4 Å². The molecule has 7 heteroatoms. The predicted octanol–water partition coefficient (Wildman–Crippen LogP) is 0.0214. The minimum absolute atomic E-state index is 0.132. The van der Waals surface area contributed by atoms with Crippen molar-refractivity contribution >= 4 is 5.91 Å². The molecular formula is C17H35NO6. The summed E-state index contributed by atoms with van der Waals surface area (Å²) in [7, 11) is 1.52. The van der Waals surface area contributed by atoms with E-state index < -0.39 is 31.0 Å². The molecule has 7 nitrogen and oxygen atoms in total. The van der Waals surface area contributed by atoms with Crippen LogP contribution in [0.3, 0.4) is 0 Å². The molecule has 0 spiro atoms. The van der Waals surface area contributed by atoms with Crippen LogP contribution in [0.2, 0.25) is 0 Å². The van der Waals surface area contributed by atoms with Crippen LogP contribution in [0, 0.1) is 0 Å². The number of amides is 1. The van der Waals surface area contributed by atoms with Crippen LogP contribution in [0.4, 0.5) is 0 Å². The SMILES string of the molecule is CCCCCCCCCC(=O)N(C)C[C@H](O)[C@@H](O)[C@@H](O)[C@@H](O)CO. The molecule has 0 aromatic heterocycles. The van der Waals surface area contributed by atoms with E-state index in [0.717, 1.165) is 19.3 Å². The first-order valence-electron chi connectivity index (χ1n) is 8.92. The van der Waals surface area contributed by atoms with Gasteiger partial charge < -0.3 is 30.4 Å².